The van der Waals surface area contributed by atoms with Crippen LogP contribution in [0.2, 0.25) is 0 Å². The number of benzene rings is 4. The molecule has 5 rings (SSSR count). The van der Waals surface area contributed by atoms with E-state index in [1.165, 1.54) is 0 Å². The summed E-state index contributed by atoms with van der Waals surface area (Å²) in [6, 6.07) is 28.3. The molecule has 6 nitrogen and oxygen atoms in total. The molecule has 1 heterocycles. The normalized spacial score (nSPS) is 13.8. The van der Waals surface area contributed by atoms with E-state index in [4.69, 9.17) is 0 Å². The summed E-state index contributed by atoms with van der Waals surface area (Å²) in [5.41, 5.74) is 4.29. The molecule has 40 heavy (non-hydrogen) atoms. The minimum Gasteiger partial charge on any atom is -0.352 e. The molecule has 0 radical (unpaired) electrons. The zero-order chi connectivity index (χ0) is 28.2. The van der Waals surface area contributed by atoms with Crippen LogP contribution in [0.5, 0.6) is 0 Å². The first-order valence-corrected chi connectivity index (χ1v) is 13.9. The van der Waals surface area contributed by atoms with Gasteiger partial charge >= 0.3 is 0 Å². The zero-order valence-electron chi connectivity index (χ0n) is 23.3. The van der Waals surface area contributed by atoms with E-state index in [1.54, 1.807) is 15.9 Å². The van der Waals surface area contributed by atoms with Crippen LogP contribution in [0.3, 0.4) is 0 Å². The van der Waals surface area contributed by atoms with Crippen LogP contribution in [0.15, 0.2) is 91.0 Å². The number of rotatable bonds is 10. The Morgan fingerprint density at radius 2 is 1.60 bits per heavy atom. The van der Waals surface area contributed by atoms with Gasteiger partial charge < -0.3 is 10.2 Å². The highest BCUT2D eigenvalue weighted by atomic mass is 16.2. The molecule has 0 saturated heterocycles. The first-order chi connectivity index (χ1) is 19.4. The number of hydrogen-bond acceptors (Lipinski definition) is 3. The molecule has 0 aliphatic carbocycles. The van der Waals surface area contributed by atoms with Crippen molar-refractivity contribution in [1.29, 1.82) is 0 Å². The second-order valence-electron chi connectivity index (χ2n) is 10.6. The van der Waals surface area contributed by atoms with Crippen molar-refractivity contribution in [1.82, 2.24) is 10.2 Å². The Balaban J connectivity index is 1.51. The van der Waals surface area contributed by atoms with Crippen molar-refractivity contribution in [3.8, 4) is 0 Å². The molecular weight excluding hydrogens is 498 g/mol. The van der Waals surface area contributed by atoms with Crippen LogP contribution in [0.25, 0.3) is 10.8 Å². The third-order valence-electron chi connectivity index (χ3n) is 7.65. The molecular formula is C34H35N3O3. The van der Waals surface area contributed by atoms with Crippen LogP contribution < -0.4 is 10.2 Å². The number of anilines is 1. The van der Waals surface area contributed by atoms with Crippen LogP contribution in [0.4, 0.5) is 5.69 Å². The number of amides is 3. The molecule has 3 amide bonds. The maximum absolute atomic E-state index is 14.2. The number of nitrogens with zero attached hydrogens (tertiary/aromatic N) is 2. The maximum Gasteiger partial charge on any atom is 0.259 e. The molecule has 0 bridgehead atoms. The van der Waals surface area contributed by atoms with Crippen LogP contribution in [-0.2, 0) is 22.6 Å². The average molecular weight is 534 g/mol. The average Bonchev–Trinajstić information content (AvgIpc) is 3.23. The van der Waals surface area contributed by atoms with E-state index >= 15 is 0 Å². The Kier molecular flexibility index (Phi) is 7.96. The fourth-order valence-electron chi connectivity index (χ4n) is 5.36. The third kappa shape index (κ3) is 5.62. The lowest BCUT2D eigenvalue weighted by Crippen LogP contribution is -2.54. The molecule has 2 atom stereocenters. The summed E-state index contributed by atoms with van der Waals surface area (Å²) in [5.74, 6) is -0.670. The number of carbonyl (C=O) groups is 3. The monoisotopic (exact) mass is 533 g/mol. The second kappa shape index (κ2) is 11.7. The van der Waals surface area contributed by atoms with Gasteiger partial charge in [-0.2, -0.15) is 0 Å². The molecule has 1 aliphatic rings. The first kappa shape index (κ1) is 27.1. The number of aryl methyl sites for hydroxylation is 1. The lowest BCUT2D eigenvalue weighted by molar-refractivity contribution is -0.140. The number of nitrogens with one attached hydrogen (secondary N) is 1. The standard InChI is InChI=1S/C34H35N3O3/c1-4-24(3)35-33(39)30(20-25-12-6-5-7-13-25)36(21-26-14-8-11-23(2)19-26)31(38)22-37-29-18-10-16-27-15-9-17-28(32(27)29)34(37)40/h5-19,24,30H,4,20-22H2,1-3H3,(H,35,39)/t24-,30+/m0/s1. The van der Waals surface area contributed by atoms with Crippen LogP contribution >= 0.6 is 0 Å². The van der Waals surface area contributed by atoms with Crippen molar-refractivity contribution >= 4 is 34.2 Å². The fourth-order valence-corrected chi connectivity index (χ4v) is 5.36. The van der Waals surface area contributed by atoms with E-state index in [0.717, 1.165) is 39.6 Å². The summed E-state index contributed by atoms with van der Waals surface area (Å²) < 4.78 is 0. The SMILES string of the molecule is CC[C@H](C)NC(=O)[C@@H](Cc1ccccc1)N(Cc1cccc(C)c1)C(=O)CN1C(=O)c2cccc3cccc1c23. The van der Waals surface area contributed by atoms with Gasteiger partial charge in [-0.25, -0.2) is 0 Å². The van der Waals surface area contributed by atoms with Gasteiger partial charge in [-0.15, -0.1) is 0 Å². The van der Waals surface area contributed by atoms with E-state index < -0.39 is 6.04 Å². The zero-order valence-corrected chi connectivity index (χ0v) is 23.3. The van der Waals surface area contributed by atoms with Crippen LogP contribution in [-0.4, -0.2) is 41.2 Å². The summed E-state index contributed by atoms with van der Waals surface area (Å²) in [6.07, 6.45) is 1.14. The quantitative estimate of drug-likeness (QED) is 0.286. The molecule has 0 aromatic heterocycles. The van der Waals surface area contributed by atoms with E-state index in [1.807, 2.05) is 106 Å². The van der Waals surface area contributed by atoms with Crippen molar-refractivity contribution in [2.45, 2.75) is 52.2 Å². The smallest absolute Gasteiger partial charge is 0.259 e. The predicted octanol–water partition coefficient (Wildman–Crippen LogP) is 5.66. The molecule has 4 aromatic carbocycles. The van der Waals surface area contributed by atoms with Crippen molar-refractivity contribution in [2.75, 3.05) is 11.4 Å². The van der Waals surface area contributed by atoms with Gasteiger partial charge in [-0.05, 0) is 48.9 Å². The van der Waals surface area contributed by atoms with Gasteiger partial charge in [0.25, 0.3) is 5.91 Å². The Morgan fingerprint density at radius 1 is 0.900 bits per heavy atom. The summed E-state index contributed by atoms with van der Waals surface area (Å²) in [5, 5.41) is 4.93. The van der Waals surface area contributed by atoms with Gasteiger partial charge in [-0.1, -0.05) is 91.3 Å². The minimum absolute atomic E-state index is 0.0334. The molecule has 0 spiro atoms. The lowest BCUT2D eigenvalue weighted by atomic mass is 10.0. The molecule has 0 saturated carbocycles. The Morgan fingerprint density at radius 3 is 2.33 bits per heavy atom. The van der Waals surface area contributed by atoms with E-state index in [-0.39, 0.29) is 36.9 Å². The van der Waals surface area contributed by atoms with Gasteiger partial charge in [0.05, 0.1) is 5.69 Å². The topological polar surface area (TPSA) is 69.7 Å². The number of hydrogen-bond donors (Lipinski definition) is 1. The summed E-state index contributed by atoms with van der Waals surface area (Å²) >= 11 is 0. The van der Waals surface area contributed by atoms with Crippen molar-refractivity contribution in [2.24, 2.45) is 0 Å². The third-order valence-corrected chi connectivity index (χ3v) is 7.65. The molecule has 4 aromatic rings. The molecule has 1 aliphatic heterocycles. The minimum atomic E-state index is -0.750. The maximum atomic E-state index is 14.2. The first-order valence-electron chi connectivity index (χ1n) is 13.9. The Bertz CT molecular complexity index is 1540. The molecule has 6 heteroatoms. The van der Waals surface area contributed by atoms with E-state index in [9.17, 15) is 14.4 Å². The van der Waals surface area contributed by atoms with E-state index in [0.29, 0.717) is 12.0 Å². The molecule has 204 valence electrons. The largest absolute Gasteiger partial charge is 0.352 e. The summed E-state index contributed by atoms with van der Waals surface area (Å²) in [7, 11) is 0. The van der Waals surface area contributed by atoms with Crippen molar-refractivity contribution < 1.29 is 14.4 Å². The van der Waals surface area contributed by atoms with Gasteiger partial charge in [-0.3, -0.25) is 19.3 Å². The van der Waals surface area contributed by atoms with Gasteiger partial charge in [0.1, 0.15) is 12.6 Å². The highest BCUT2D eigenvalue weighted by Gasteiger charge is 2.36. The lowest BCUT2D eigenvalue weighted by Gasteiger charge is -2.33. The van der Waals surface area contributed by atoms with Gasteiger partial charge in [0, 0.05) is 30.0 Å². The van der Waals surface area contributed by atoms with Crippen molar-refractivity contribution in [3.63, 3.8) is 0 Å². The predicted molar refractivity (Wildman–Crippen MR) is 159 cm³/mol. The Labute approximate surface area is 235 Å². The molecule has 1 N–H and O–H groups in total. The van der Waals surface area contributed by atoms with E-state index in [2.05, 4.69) is 5.32 Å². The van der Waals surface area contributed by atoms with Gasteiger partial charge in [0.2, 0.25) is 11.8 Å². The molecule has 0 unspecified atom stereocenters. The van der Waals surface area contributed by atoms with Crippen molar-refractivity contribution in [3.05, 3.63) is 113 Å². The van der Waals surface area contributed by atoms with Crippen LogP contribution in [0, 0.1) is 6.92 Å². The second-order valence-corrected chi connectivity index (χ2v) is 10.6. The Hall–Kier alpha value is -4.45. The summed E-state index contributed by atoms with van der Waals surface area (Å²) in [4.78, 5) is 44.7. The highest BCUT2D eigenvalue weighted by molar-refractivity contribution is 6.26. The highest BCUT2D eigenvalue weighted by Crippen LogP contribution is 2.37. The van der Waals surface area contributed by atoms with Gasteiger partial charge in [0.15, 0.2) is 0 Å². The van der Waals surface area contributed by atoms with Crippen LogP contribution in [0.1, 0.15) is 47.3 Å². The summed E-state index contributed by atoms with van der Waals surface area (Å²) in [6.45, 7) is 6.09. The number of carbonyl (C=O) groups excluding carboxylic acids is 3. The molecule has 0 fully saturated rings. The fraction of sp³-hybridized carbons (Fsp3) is 0.265.